The average Bonchev–Trinajstić information content (AvgIpc) is 2.55. The van der Waals surface area contributed by atoms with Gasteiger partial charge in [0.2, 0.25) is 10.0 Å². The fraction of sp³-hybridized carbons (Fsp3) is 0.533. The number of nitrogens with one attached hydrogen (secondary N) is 2. The molecule has 128 valence electrons. The molecule has 0 atom stereocenters. The summed E-state index contributed by atoms with van der Waals surface area (Å²) < 4.78 is 25.6. The molecule has 0 aliphatic carbocycles. The van der Waals surface area contributed by atoms with E-state index in [4.69, 9.17) is 12.2 Å². The number of piperazine rings is 1. The highest BCUT2D eigenvalue weighted by Crippen LogP contribution is 2.18. The maximum Gasteiger partial charge on any atom is 0.242 e. The van der Waals surface area contributed by atoms with Crippen molar-refractivity contribution in [3.8, 4) is 0 Å². The fourth-order valence-electron chi connectivity index (χ4n) is 2.53. The van der Waals surface area contributed by atoms with Crippen molar-refractivity contribution < 1.29 is 13.3 Å². The van der Waals surface area contributed by atoms with E-state index in [2.05, 4.69) is 17.1 Å². The van der Waals surface area contributed by atoms with Gasteiger partial charge in [-0.15, -0.1) is 0 Å². The minimum atomic E-state index is -3.44. The summed E-state index contributed by atoms with van der Waals surface area (Å²) in [5.74, 6) is 0. The summed E-state index contributed by atoms with van der Waals surface area (Å²) >= 11 is 5.46. The van der Waals surface area contributed by atoms with Crippen LogP contribution in [0.3, 0.4) is 0 Å². The van der Waals surface area contributed by atoms with E-state index in [1.807, 2.05) is 6.07 Å². The summed E-state index contributed by atoms with van der Waals surface area (Å²) in [6.07, 6.45) is 0. The molecule has 1 aromatic rings. The molecule has 8 heteroatoms. The first kappa shape index (κ1) is 18.1. The lowest BCUT2D eigenvalue weighted by Gasteiger charge is -2.33. The number of anilines is 1. The maximum atomic E-state index is 12.2. The molecule has 0 aromatic heterocycles. The molecule has 1 aromatic carbocycles. The standard InChI is InChI=1S/C15H24N4O2S2/c1-4-18-8-10-19(11-9-18)15(22)16-13-6-5-7-14(12-13)23(20,21)17(2)3/h5-7,12H,4,8-11H2,1-3H3,(H,16,22)/p+1. The van der Waals surface area contributed by atoms with Crippen LogP contribution >= 0.6 is 12.2 Å². The lowest BCUT2D eigenvalue weighted by atomic mass is 10.3. The lowest BCUT2D eigenvalue weighted by molar-refractivity contribution is -0.902. The molecule has 0 radical (unpaired) electrons. The number of hydrogen-bond donors (Lipinski definition) is 2. The van der Waals surface area contributed by atoms with Crippen molar-refractivity contribution in [3.05, 3.63) is 24.3 Å². The van der Waals surface area contributed by atoms with Crippen LogP contribution in [0.25, 0.3) is 0 Å². The van der Waals surface area contributed by atoms with Crippen LogP contribution in [-0.2, 0) is 10.0 Å². The van der Waals surface area contributed by atoms with Crippen molar-refractivity contribution >= 4 is 33.0 Å². The second-order valence-corrected chi connectivity index (χ2v) is 8.37. The molecule has 0 saturated carbocycles. The number of rotatable bonds is 4. The summed E-state index contributed by atoms with van der Waals surface area (Å²) in [5, 5.41) is 3.81. The predicted molar refractivity (Wildman–Crippen MR) is 96.3 cm³/mol. The van der Waals surface area contributed by atoms with Crippen molar-refractivity contribution in [2.75, 3.05) is 52.1 Å². The topological polar surface area (TPSA) is 57.1 Å². The Kier molecular flexibility index (Phi) is 5.96. The molecule has 23 heavy (non-hydrogen) atoms. The Bertz CT molecular complexity index is 653. The molecule has 1 fully saturated rings. The second-order valence-electron chi connectivity index (χ2n) is 5.84. The van der Waals surface area contributed by atoms with E-state index in [-0.39, 0.29) is 4.90 Å². The van der Waals surface area contributed by atoms with Gasteiger partial charge in [0.05, 0.1) is 37.6 Å². The van der Waals surface area contributed by atoms with Crippen LogP contribution in [0.2, 0.25) is 0 Å². The smallest absolute Gasteiger partial charge is 0.242 e. The number of sulfonamides is 1. The van der Waals surface area contributed by atoms with Crippen LogP contribution < -0.4 is 10.2 Å². The molecule has 1 saturated heterocycles. The Labute approximate surface area is 144 Å². The number of nitrogens with zero attached hydrogens (tertiary/aromatic N) is 2. The molecule has 6 nitrogen and oxygen atoms in total. The molecule has 1 aliphatic heterocycles. The predicted octanol–water partition coefficient (Wildman–Crippen LogP) is -0.146. The van der Waals surface area contributed by atoms with E-state index >= 15 is 0 Å². The van der Waals surface area contributed by atoms with Crippen LogP contribution in [0.4, 0.5) is 5.69 Å². The van der Waals surface area contributed by atoms with E-state index in [9.17, 15) is 8.42 Å². The first-order valence-electron chi connectivity index (χ1n) is 7.76. The monoisotopic (exact) mass is 357 g/mol. The van der Waals surface area contributed by atoms with Gasteiger partial charge in [-0.25, -0.2) is 12.7 Å². The zero-order valence-electron chi connectivity index (χ0n) is 13.9. The molecule has 0 bridgehead atoms. The average molecular weight is 358 g/mol. The summed E-state index contributed by atoms with van der Waals surface area (Å²) in [5.41, 5.74) is 0.697. The van der Waals surface area contributed by atoms with E-state index in [0.29, 0.717) is 10.8 Å². The molecule has 2 rings (SSSR count). The SMILES string of the molecule is CC[NH+]1CCN(C(=S)Nc2cccc(S(=O)(=O)N(C)C)c2)CC1. The van der Waals surface area contributed by atoms with Crippen LogP contribution in [0.1, 0.15) is 6.92 Å². The molecular formula is C15H25N4O2S2+. The Morgan fingerprint density at radius 2 is 2.00 bits per heavy atom. The molecule has 0 amide bonds. The van der Waals surface area contributed by atoms with Gasteiger partial charge in [0.1, 0.15) is 0 Å². The normalized spacial score (nSPS) is 16.6. The summed E-state index contributed by atoms with van der Waals surface area (Å²) in [4.78, 5) is 3.99. The molecule has 0 unspecified atom stereocenters. The molecule has 0 spiro atoms. The summed E-state index contributed by atoms with van der Waals surface area (Å²) in [6.45, 7) is 7.33. The molecule has 2 N–H and O–H groups in total. The van der Waals surface area contributed by atoms with Gasteiger partial charge in [0.15, 0.2) is 5.11 Å². The number of quaternary nitrogens is 1. The van der Waals surface area contributed by atoms with Crippen molar-refractivity contribution in [2.24, 2.45) is 0 Å². The van der Waals surface area contributed by atoms with Crippen LogP contribution in [-0.4, -0.2) is 69.6 Å². The van der Waals surface area contributed by atoms with Gasteiger partial charge >= 0.3 is 0 Å². The Hall–Kier alpha value is -1.22. The van der Waals surface area contributed by atoms with Crippen molar-refractivity contribution in [2.45, 2.75) is 11.8 Å². The number of thiocarbonyl (C=S) groups is 1. The first-order valence-corrected chi connectivity index (χ1v) is 9.61. The Morgan fingerprint density at radius 1 is 1.35 bits per heavy atom. The van der Waals surface area contributed by atoms with E-state index in [0.717, 1.165) is 32.7 Å². The second kappa shape index (κ2) is 7.57. The molecular weight excluding hydrogens is 332 g/mol. The highest BCUT2D eigenvalue weighted by atomic mass is 32.2. The largest absolute Gasteiger partial charge is 0.338 e. The zero-order valence-corrected chi connectivity index (χ0v) is 15.5. The first-order chi connectivity index (χ1) is 10.8. The highest BCUT2D eigenvalue weighted by molar-refractivity contribution is 7.89. The Balaban J connectivity index is 2.05. The van der Waals surface area contributed by atoms with Crippen LogP contribution in [0.5, 0.6) is 0 Å². The molecule has 1 heterocycles. The van der Waals surface area contributed by atoms with Gasteiger partial charge in [-0.3, -0.25) is 0 Å². The van der Waals surface area contributed by atoms with Crippen molar-refractivity contribution in [1.29, 1.82) is 0 Å². The van der Waals surface area contributed by atoms with E-state index < -0.39 is 10.0 Å². The fourth-order valence-corrected chi connectivity index (χ4v) is 3.78. The number of likely N-dealkylation sites (N-methyl/N-ethyl adjacent to an activating group) is 1. The van der Waals surface area contributed by atoms with Gasteiger partial charge in [-0.2, -0.15) is 0 Å². The summed E-state index contributed by atoms with van der Waals surface area (Å²) in [7, 11) is -0.391. The number of hydrogen-bond acceptors (Lipinski definition) is 3. The van der Waals surface area contributed by atoms with E-state index in [1.54, 1.807) is 23.1 Å². The van der Waals surface area contributed by atoms with Gasteiger partial charge < -0.3 is 15.1 Å². The number of benzene rings is 1. The van der Waals surface area contributed by atoms with Gasteiger partial charge in [-0.05, 0) is 37.3 Å². The maximum absolute atomic E-state index is 12.2. The van der Waals surface area contributed by atoms with Crippen LogP contribution in [0, 0.1) is 0 Å². The minimum Gasteiger partial charge on any atom is -0.338 e. The molecule has 1 aliphatic rings. The van der Waals surface area contributed by atoms with Crippen molar-refractivity contribution in [3.63, 3.8) is 0 Å². The van der Waals surface area contributed by atoms with Crippen LogP contribution in [0.15, 0.2) is 29.2 Å². The Morgan fingerprint density at radius 3 is 2.57 bits per heavy atom. The minimum absolute atomic E-state index is 0.260. The highest BCUT2D eigenvalue weighted by Gasteiger charge is 2.21. The van der Waals surface area contributed by atoms with Gasteiger partial charge in [0, 0.05) is 19.8 Å². The van der Waals surface area contributed by atoms with E-state index in [1.165, 1.54) is 18.4 Å². The summed E-state index contributed by atoms with van der Waals surface area (Å²) in [6, 6.07) is 6.76. The zero-order chi connectivity index (χ0) is 17.0. The third-order valence-corrected chi connectivity index (χ3v) is 6.29. The lowest BCUT2D eigenvalue weighted by Crippen LogP contribution is -3.14. The van der Waals surface area contributed by atoms with Gasteiger partial charge in [0.25, 0.3) is 0 Å². The van der Waals surface area contributed by atoms with Crippen molar-refractivity contribution in [1.82, 2.24) is 9.21 Å². The third-order valence-electron chi connectivity index (χ3n) is 4.12. The van der Waals surface area contributed by atoms with Gasteiger partial charge in [-0.1, -0.05) is 6.07 Å². The third kappa shape index (κ3) is 4.41. The quantitative estimate of drug-likeness (QED) is 0.735.